The third kappa shape index (κ3) is 5.10. The Balaban J connectivity index is 1.59. The smallest absolute Gasteiger partial charge is 0.230 e. The fourth-order valence-corrected chi connectivity index (χ4v) is 3.23. The van der Waals surface area contributed by atoms with Crippen LogP contribution in [0.15, 0.2) is 53.7 Å². The molecule has 0 aliphatic carbocycles. The summed E-state index contributed by atoms with van der Waals surface area (Å²) < 4.78 is 5.13. The highest BCUT2D eigenvalue weighted by atomic mass is 32.2. The van der Waals surface area contributed by atoms with Crippen LogP contribution in [0.25, 0.3) is 10.9 Å². The van der Waals surface area contributed by atoms with Crippen molar-refractivity contribution in [2.75, 3.05) is 24.7 Å². The Hall–Kier alpha value is -2.80. The number of carbonyl (C=O) groups excluding carboxylic acids is 1. The molecular formula is C20H22N4O2S. The third-order valence-electron chi connectivity index (χ3n) is 3.91. The molecule has 0 aliphatic rings. The van der Waals surface area contributed by atoms with Gasteiger partial charge in [0.1, 0.15) is 11.6 Å². The number of nitrogens with one attached hydrogen (secondary N) is 2. The maximum Gasteiger partial charge on any atom is 0.230 e. The molecule has 2 aromatic carbocycles. The Kier molecular flexibility index (Phi) is 6.49. The quantitative estimate of drug-likeness (QED) is 0.459. The number of hydrogen-bond donors (Lipinski definition) is 2. The molecule has 6 nitrogen and oxygen atoms in total. The number of carbonyl (C=O) groups is 1. The van der Waals surface area contributed by atoms with E-state index in [4.69, 9.17) is 4.74 Å². The van der Waals surface area contributed by atoms with Crippen LogP contribution in [0.4, 0.5) is 5.82 Å². The van der Waals surface area contributed by atoms with Crippen LogP contribution < -0.4 is 15.4 Å². The van der Waals surface area contributed by atoms with Crippen molar-refractivity contribution in [2.45, 2.75) is 18.6 Å². The number of hydrogen-bond acceptors (Lipinski definition) is 6. The first kappa shape index (κ1) is 19.0. The van der Waals surface area contributed by atoms with Crippen molar-refractivity contribution in [3.8, 4) is 5.75 Å². The van der Waals surface area contributed by atoms with E-state index in [2.05, 4.69) is 20.6 Å². The van der Waals surface area contributed by atoms with E-state index in [0.29, 0.717) is 11.7 Å². The number of aromatic nitrogens is 2. The number of nitrogens with zero attached hydrogens (tertiary/aromatic N) is 2. The summed E-state index contributed by atoms with van der Waals surface area (Å²) in [6.07, 6.45) is 0. The Bertz CT molecular complexity index is 916. The molecule has 1 aromatic heterocycles. The fourth-order valence-electron chi connectivity index (χ4n) is 2.55. The van der Waals surface area contributed by atoms with Crippen LogP contribution in [0.3, 0.4) is 0 Å². The highest BCUT2D eigenvalue weighted by Crippen LogP contribution is 2.24. The topological polar surface area (TPSA) is 76.1 Å². The molecule has 3 rings (SSSR count). The van der Waals surface area contributed by atoms with Crippen molar-refractivity contribution < 1.29 is 9.53 Å². The summed E-state index contributed by atoms with van der Waals surface area (Å²) in [4.78, 5) is 21.3. The summed E-state index contributed by atoms with van der Waals surface area (Å²) in [6, 6.07) is 15.5. The van der Waals surface area contributed by atoms with Crippen LogP contribution in [0.1, 0.15) is 12.5 Å². The van der Waals surface area contributed by atoms with Gasteiger partial charge in [0.05, 0.1) is 18.4 Å². The zero-order valence-corrected chi connectivity index (χ0v) is 16.2. The summed E-state index contributed by atoms with van der Waals surface area (Å²) in [7, 11) is 1.63. The van der Waals surface area contributed by atoms with E-state index in [1.54, 1.807) is 7.11 Å². The lowest BCUT2D eigenvalue weighted by molar-refractivity contribution is -0.118. The Morgan fingerprint density at radius 1 is 1.11 bits per heavy atom. The first-order valence-corrected chi connectivity index (χ1v) is 9.71. The number of fused-ring (bicyclic) bond motifs is 1. The monoisotopic (exact) mass is 382 g/mol. The summed E-state index contributed by atoms with van der Waals surface area (Å²) in [5, 5.41) is 7.74. The van der Waals surface area contributed by atoms with Gasteiger partial charge in [0.15, 0.2) is 5.16 Å². The number of rotatable bonds is 8. The number of thioether (sulfide) groups is 1. The van der Waals surface area contributed by atoms with Gasteiger partial charge in [-0.1, -0.05) is 36.0 Å². The second kappa shape index (κ2) is 9.23. The first-order valence-electron chi connectivity index (χ1n) is 8.72. The predicted octanol–water partition coefficient (Wildman–Crippen LogP) is 3.48. The number of ether oxygens (including phenoxy) is 1. The van der Waals surface area contributed by atoms with Gasteiger partial charge in [0.25, 0.3) is 0 Å². The van der Waals surface area contributed by atoms with E-state index < -0.39 is 0 Å². The summed E-state index contributed by atoms with van der Waals surface area (Å²) in [5.74, 6) is 1.80. The van der Waals surface area contributed by atoms with Gasteiger partial charge in [-0.15, -0.1) is 0 Å². The molecule has 0 aliphatic heterocycles. The molecule has 0 saturated carbocycles. The summed E-state index contributed by atoms with van der Waals surface area (Å²) in [6.45, 7) is 3.27. The number of amides is 1. The van der Waals surface area contributed by atoms with Crippen LogP contribution in [0.5, 0.6) is 5.75 Å². The van der Waals surface area contributed by atoms with Gasteiger partial charge in [0, 0.05) is 18.5 Å². The van der Waals surface area contributed by atoms with Gasteiger partial charge in [-0.2, -0.15) is 0 Å². The minimum absolute atomic E-state index is 0.0578. The zero-order valence-electron chi connectivity index (χ0n) is 15.4. The lowest BCUT2D eigenvalue weighted by Gasteiger charge is -2.09. The van der Waals surface area contributed by atoms with Gasteiger partial charge in [0.2, 0.25) is 5.91 Å². The molecule has 0 bridgehead atoms. The molecule has 3 aromatic rings. The van der Waals surface area contributed by atoms with Crippen molar-refractivity contribution in [3.63, 3.8) is 0 Å². The van der Waals surface area contributed by atoms with E-state index in [1.165, 1.54) is 11.8 Å². The maximum atomic E-state index is 12.2. The summed E-state index contributed by atoms with van der Waals surface area (Å²) in [5.41, 5.74) is 1.88. The lowest BCUT2D eigenvalue weighted by atomic mass is 10.2. The number of anilines is 1. The molecule has 0 spiro atoms. The van der Waals surface area contributed by atoms with Crippen LogP contribution in [-0.4, -0.2) is 35.3 Å². The van der Waals surface area contributed by atoms with Crippen molar-refractivity contribution in [1.82, 2.24) is 15.3 Å². The highest BCUT2D eigenvalue weighted by Gasteiger charge is 2.09. The van der Waals surface area contributed by atoms with Crippen LogP contribution >= 0.6 is 11.8 Å². The van der Waals surface area contributed by atoms with E-state index in [1.807, 2.05) is 55.5 Å². The maximum absolute atomic E-state index is 12.2. The molecule has 0 fully saturated rings. The highest BCUT2D eigenvalue weighted by molar-refractivity contribution is 7.99. The van der Waals surface area contributed by atoms with Gasteiger partial charge in [-0.05, 0) is 36.8 Å². The molecule has 0 saturated heterocycles. The Morgan fingerprint density at radius 2 is 1.89 bits per heavy atom. The van der Waals surface area contributed by atoms with Crippen LogP contribution in [0, 0.1) is 0 Å². The van der Waals surface area contributed by atoms with E-state index in [0.717, 1.165) is 34.6 Å². The van der Waals surface area contributed by atoms with Gasteiger partial charge in [-0.25, -0.2) is 9.97 Å². The van der Waals surface area contributed by atoms with Crippen molar-refractivity contribution in [2.24, 2.45) is 0 Å². The average Bonchev–Trinajstić information content (AvgIpc) is 2.71. The molecule has 27 heavy (non-hydrogen) atoms. The van der Waals surface area contributed by atoms with Crippen LogP contribution in [-0.2, 0) is 11.3 Å². The standard InChI is InChI=1S/C20H22N4O2S/c1-3-21-19-16-6-4-5-7-17(16)23-20(24-19)27-13-18(25)22-12-14-8-10-15(26-2)11-9-14/h4-11H,3,12-13H2,1-2H3,(H,22,25)(H,21,23,24). The Morgan fingerprint density at radius 3 is 2.63 bits per heavy atom. The largest absolute Gasteiger partial charge is 0.497 e. The van der Waals surface area contributed by atoms with E-state index in [9.17, 15) is 4.79 Å². The van der Waals surface area contributed by atoms with Gasteiger partial charge < -0.3 is 15.4 Å². The average molecular weight is 382 g/mol. The molecule has 0 unspecified atom stereocenters. The van der Waals surface area contributed by atoms with Crippen molar-refractivity contribution in [3.05, 3.63) is 54.1 Å². The zero-order chi connectivity index (χ0) is 19.1. The van der Waals surface area contributed by atoms with Gasteiger partial charge >= 0.3 is 0 Å². The minimum Gasteiger partial charge on any atom is -0.497 e. The summed E-state index contributed by atoms with van der Waals surface area (Å²) >= 11 is 1.33. The number of benzene rings is 2. The molecule has 1 amide bonds. The predicted molar refractivity (Wildman–Crippen MR) is 109 cm³/mol. The number of para-hydroxylation sites is 1. The lowest BCUT2D eigenvalue weighted by Crippen LogP contribution is -2.24. The van der Waals surface area contributed by atoms with E-state index in [-0.39, 0.29) is 11.7 Å². The third-order valence-corrected chi connectivity index (χ3v) is 4.76. The molecule has 0 atom stereocenters. The molecule has 2 N–H and O–H groups in total. The Labute approximate surface area is 162 Å². The van der Waals surface area contributed by atoms with Crippen molar-refractivity contribution >= 4 is 34.4 Å². The molecular weight excluding hydrogens is 360 g/mol. The van der Waals surface area contributed by atoms with E-state index >= 15 is 0 Å². The second-order valence-electron chi connectivity index (χ2n) is 5.82. The van der Waals surface area contributed by atoms with Gasteiger partial charge in [-0.3, -0.25) is 4.79 Å². The number of methoxy groups -OCH3 is 1. The van der Waals surface area contributed by atoms with Crippen molar-refractivity contribution in [1.29, 1.82) is 0 Å². The molecule has 1 heterocycles. The molecule has 140 valence electrons. The second-order valence-corrected chi connectivity index (χ2v) is 6.76. The SMILES string of the molecule is CCNc1nc(SCC(=O)NCc2ccc(OC)cc2)nc2ccccc12. The normalized spacial score (nSPS) is 10.6. The van der Waals surface area contributed by atoms with Crippen LogP contribution in [0.2, 0.25) is 0 Å². The molecule has 0 radical (unpaired) electrons. The molecule has 7 heteroatoms. The minimum atomic E-state index is -0.0578. The first-order chi connectivity index (χ1) is 13.2. The fraction of sp³-hybridized carbons (Fsp3) is 0.250.